The molecule has 2 aromatic carbocycles. The number of methoxy groups -OCH3 is 1. The van der Waals surface area contributed by atoms with Gasteiger partial charge in [-0.2, -0.15) is 8.78 Å². The predicted octanol–water partition coefficient (Wildman–Crippen LogP) is 4.77. The standard InChI is InChI=1S/C21H22F2N2O3S/c1-28-20(27)14-10-12-25(13-11-14)19(26)17-4-2-3-5-18(17)24-15-6-8-16(9-7-15)29-21(22)23/h2-9,14,21,24H,10-13H2,1H3. The minimum Gasteiger partial charge on any atom is -0.469 e. The van der Waals surface area contributed by atoms with Gasteiger partial charge < -0.3 is 15.0 Å². The topological polar surface area (TPSA) is 58.6 Å². The first-order valence-electron chi connectivity index (χ1n) is 9.26. The summed E-state index contributed by atoms with van der Waals surface area (Å²) in [5.74, 6) is -2.97. The van der Waals surface area contributed by atoms with Crippen LogP contribution in [-0.4, -0.2) is 42.7 Å². The van der Waals surface area contributed by atoms with E-state index in [0.29, 0.717) is 59.5 Å². The first-order chi connectivity index (χ1) is 14.0. The van der Waals surface area contributed by atoms with Crippen molar-refractivity contribution in [3.8, 4) is 0 Å². The van der Waals surface area contributed by atoms with Crippen LogP contribution in [-0.2, 0) is 9.53 Å². The third kappa shape index (κ3) is 5.47. The van der Waals surface area contributed by atoms with Gasteiger partial charge in [0, 0.05) is 23.7 Å². The molecule has 29 heavy (non-hydrogen) atoms. The molecule has 0 radical (unpaired) electrons. The number of thioether (sulfide) groups is 1. The van der Waals surface area contributed by atoms with Gasteiger partial charge in [0.15, 0.2) is 0 Å². The summed E-state index contributed by atoms with van der Waals surface area (Å²) in [6, 6.07) is 13.8. The van der Waals surface area contributed by atoms with Crippen LogP contribution in [0.2, 0.25) is 0 Å². The van der Waals surface area contributed by atoms with Crippen LogP contribution in [0.5, 0.6) is 0 Å². The first kappa shape index (κ1) is 21.1. The number of piperidine rings is 1. The molecular formula is C21H22F2N2O3S. The van der Waals surface area contributed by atoms with Crippen molar-refractivity contribution in [2.75, 3.05) is 25.5 Å². The highest BCUT2D eigenvalue weighted by atomic mass is 32.2. The Labute approximate surface area is 172 Å². The van der Waals surface area contributed by atoms with Crippen LogP contribution >= 0.6 is 11.8 Å². The lowest BCUT2D eigenvalue weighted by atomic mass is 9.96. The lowest BCUT2D eigenvalue weighted by molar-refractivity contribution is -0.146. The van der Waals surface area contributed by atoms with Crippen molar-refractivity contribution >= 4 is 35.0 Å². The SMILES string of the molecule is COC(=O)C1CCN(C(=O)c2ccccc2Nc2ccc(SC(F)F)cc2)CC1. The fourth-order valence-electron chi connectivity index (χ4n) is 3.31. The van der Waals surface area contributed by atoms with Gasteiger partial charge in [0.2, 0.25) is 0 Å². The maximum absolute atomic E-state index is 13.0. The summed E-state index contributed by atoms with van der Waals surface area (Å²) in [5.41, 5.74) is 1.87. The van der Waals surface area contributed by atoms with Gasteiger partial charge in [-0.05, 0) is 49.2 Å². The van der Waals surface area contributed by atoms with E-state index in [1.165, 1.54) is 7.11 Å². The Morgan fingerprint density at radius 1 is 1.10 bits per heavy atom. The second kappa shape index (κ2) is 9.73. The summed E-state index contributed by atoms with van der Waals surface area (Å²) in [5, 5.41) is 3.19. The van der Waals surface area contributed by atoms with Crippen LogP contribution in [0.4, 0.5) is 20.2 Å². The van der Waals surface area contributed by atoms with E-state index in [1.54, 1.807) is 47.4 Å². The van der Waals surface area contributed by atoms with E-state index >= 15 is 0 Å². The van der Waals surface area contributed by atoms with Crippen molar-refractivity contribution in [3.63, 3.8) is 0 Å². The van der Waals surface area contributed by atoms with Crippen molar-refractivity contribution in [2.45, 2.75) is 23.5 Å². The maximum atomic E-state index is 13.0. The lowest BCUT2D eigenvalue weighted by Crippen LogP contribution is -2.40. The van der Waals surface area contributed by atoms with Gasteiger partial charge in [0.05, 0.1) is 24.3 Å². The zero-order valence-corrected chi connectivity index (χ0v) is 16.8. The Kier molecular flexibility index (Phi) is 7.09. The largest absolute Gasteiger partial charge is 0.469 e. The molecule has 0 saturated carbocycles. The van der Waals surface area contributed by atoms with Gasteiger partial charge in [0.1, 0.15) is 0 Å². The van der Waals surface area contributed by atoms with E-state index in [-0.39, 0.29) is 17.8 Å². The molecule has 1 aliphatic rings. The second-order valence-corrected chi connectivity index (χ2v) is 7.73. The summed E-state index contributed by atoms with van der Waals surface area (Å²) < 4.78 is 29.7. The monoisotopic (exact) mass is 420 g/mol. The Morgan fingerprint density at radius 2 is 1.76 bits per heavy atom. The number of carbonyl (C=O) groups is 2. The van der Waals surface area contributed by atoms with Gasteiger partial charge >= 0.3 is 5.97 Å². The van der Waals surface area contributed by atoms with Gasteiger partial charge in [-0.3, -0.25) is 9.59 Å². The normalized spacial score (nSPS) is 14.7. The molecule has 154 valence electrons. The molecule has 0 aliphatic carbocycles. The zero-order chi connectivity index (χ0) is 20.8. The number of nitrogens with zero attached hydrogens (tertiary/aromatic N) is 1. The number of para-hydroxylation sites is 1. The predicted molar refractivity (Wildman–Crippen MR) is 109 cm³/mol. The van der Waals surface area contributed by atoms with Crippen molar-refractivity contribution in [3.05, 3.63) is 54.1 Å². The summed E-state index contributed by atoms with van der Waals surface area (Å²) in [4.78, 5) is 26.9. The van der Waals surface area contributed by atoms with E-state index in [2.05, 4.69) is 5.32 Å². The molecule has 3 rings (SSSR count). The molecule has 1 fully saturated rings. The molecular weight excluding hydrogens is 398 g/mol. The number of carbonyl (C=O) groups excluding carboxylic acids is 2. The van der Waals surface area contributed by atoms with E-state index in [4.69, 9.17) is 4.74 Å². The maximum Gasteiger partial charge on any atom is 0.308 e. The van der Waals surface area contributed by atoms with E-state index < -0.39 is 5.76 Å². The van der Waals surface area contributed by atoms with Crippen LogP contribution < -0.4 is 5.32 Å². The van der Waals surface area contributed by atoms with Crippen LogP contribution in [0.1, 0.15) is 23.2 Å². The van der Waals surface area contributed by atoms with E-state index in [0.717, 1.165) is 0 Å². The second-order valence-electron chi connectivity index (χ2n) is 6.66. The van der Waals surface area contributed by atoms with Crippen LogP contribution in [0, 0.1) is 5.92 Å². The number of halogens is 2. The zero-order valence-electron chi connectivity index (χ0n) is 15.9. The molecule has 1 N–H and O–H groups in total. The fourth-order valence-corrected chi connectivity index (χ4v) is 3.81. The van der Waals surface area contributed by atoms with Gasteiger partial charge in [-0.15, -0.1) is 0 Å². The van der Waals surface area contributed by atoms with Gasteiger partial charge in [-0.25, -0.2) is 0 Å². The van der Waals surface area contributed by atoms with E-state index in [1.807, 2.05) is 6.07 Å². The van der Waals surface area contributed by atoms with Gasteiger partial charge in [0.25, 0.3) is 11.7 Å². The lowest BCUT2D eigenvalue weighted by Gasteiger charge is -2.31. The highest BCUT2D eigenvalue weighted by molar-refractivity contribution is 7.99. The number of alkyl halides is 2. The number of amides is 1. The smallest absolute Gasteiger partial charge is 0.308 e. The third-order valence-electron chi connectivity index (χ3n) is 4.83. The number of rotatable bonds is 6. The molecule has 0 aromatic heterocycles. The number of likely N-dealkylation sites (tertiary alicyclic amines) is 1. The first-order valence-corrected chi connectivity index (χ1v) is 10.1. The molecule has 0 unspecified atom stereocenters. The molecule has 0 spiro atoms. The molecule has 5 nitrogen and oxygen atoms in total. The van der Waals surface area contributed by atoms with Gasteiger partial charge in [-0.1, -0.05) is 23.9 Å². The highest BCUT2D eigenvalue weighted by Crippen LogP contribution is 2.29. The number of benzene rings is 2. The highest BCUT2D eigenvalue weighted by Gasteiger charge is 2.29. The molecule has 1 amide bonds. The number of hydrogen-bond donors (Lipinski definition) is 1. The van der Waals surface area contributed by atoms with Crippen molar-refractivity contribution < 1.29 is 23.1 Å². The minimum absolute atomic E-state index is 0.110. The van der Waals surface area contributed by atoms with E-state index in [9.17, 15) is 18.4 Å². The minimum atomic E-state index is -2.46. The Bertz CT molecular complexity index is 853. The Morgan fingerprint density at radius 3 is 2.38 bits per heavy atom. The summed E-state index contributed by atoms with van der Waals surface area (Å²) in [6.07, 6.45) is 1.16. The van der Waals surface area contributed by atoms with Crippen LogP contribution in [0.3, 0.4) is 0 Å². The number of esters is 1. The molecule has 8 heteroatoms. The molecule has 1 saturated heterocycles. The number of hydrogen-bond acceptors (Lipinski definition) is 5. The Hall–Kier alpha value is -2.61. The molecule has 1 aliphatic heterocycles. The number of anilines is 2. The van der Waals surface area contributed by atoms with Crippen LogP contribution in [0.15, 0.2) is 53.4 Å². The molecule has 0 bridgehead atoms. The number of nitrogens with one attached hydrogen (secondary N) is 1. The summed E-state index contributed by atoms with van der Waals surface area (Å²) >= 11 is 0.489. The average Bonchev–Trinajstić information content (AvgIpc) is 2.74. The van der Waals surface area contributed by atoms with Crippen molar-refractivity contribution in [1.82, 2.24) is 4.90 Å². The van der Waals surface area contributed by atoms with Crippen LogP contribution in [0.25, 0.3) is 0 Å². The van der Waals surface area contributed by atoms with Crippen molar-refractivity contribution in [2.24, 2.45) is 5.92 Å². The molecule has 2 aromatic rings. The molecule has 0 atom stereocenters. The van der Waals surface area contributed by atoms with Crippen molar-refractivity contribution in [1.29, 1.82) is 0 Å². The average molecular weight is 420 g/mol. The summed E-state index contributed by atoms with van der Waals surface area (Å²) in [6.45, 7) is 0.985. The summed E-state index contributed by atoms with van der Waals surface area (Å²) in [7, 11) is 1.38. The quantitative estimate of drug-likeness (QED) is 0.539. The third-order valence-corrected chi connectivity index (χ3v) is 5.56. The fraction of sp³-hybridized carbons (Fsp3) is 0.333. The molecule has 1 heterocycles. The number of ether oxygens (including phenoxy) is 1. The Balaban J connectivity index is 1.69.